The van der Waals surface area contributed by atoms with E-state index in [9.17, 15) is 4.79 Å². The van der Waals surface area contributed by atoms with Crippen molar-refractivity contribution in [3.8, 4) is 0 Å². The van der Waals surface area contributed by atoms with E-state index in [1.807, 2.05) is 11.4 Å². The molecule has 1 heterocycles. The number of carbonyl (C=O) groups is 1. The van der Waals surface area contributed by atoms with Gasteiger partial charge in [0.05, 0.1) is 0 Å². The van der Waals surface area contributed by atoms with Crippen molar-refractivity contribution in [2.75, 3.05) is 0 Å². The lowest BCUT2D eigenvalue weighted by molar-refractivity contribution is 0.112. The molecule has 0 aliphatic carbocycles. The van der Waals surface area contributed by atoms with E-state index in [2.05, 4.69) is 25.6 Å². The average Bonchev–Trinajstić information content (AvgIpc) is 2.59. The minimum atomic E-state index is 0.755. The smallest absolute Gasteiger partial charge is 0.150 e. The van der Waals surface area contributed by atoms with Crippen molar-refractivity contribution < 1.29 is 4.79 Å². The lowest BCUT2D eigenvalue weighted by Crippen LogP contribution is -1.86. The average molecular weight is 222 g/mol. The first-order chi connectivity index (χ1) is 6.76. The topological polar surface area (TPSA) is 17.1 Å². The minimum absolute atomic E-state index is 0.755. The van der Waals surface area contributed by atoms with Crippen molar-refractivity contribution in [3.63, 3.8) is 0 Å². The van der Waals surface area contributed by atoms with Gasteiger partial charge in [-0.05, 0) is 24.1 Å². The molecule has 0 aliphatic heterocycles. The first-order valence-corrected chi connectivity index (χ1v) is 5.77. The van der Waals surface area contributed by atoms with Gasteiger partial charge in [-0.2, -0.15) is 0 Å². The third kappa shape index (κ3) is 1.47. The Balaban J connectivity index is 2.82. The second-order valence-electron chi connectivity index (χ2n) is 3.15. The fourth-order valence-electron chi connectivity index (χ4n) is 1.54. The standard InChI is InChI=1S/C11H10OS2/c1-2-7-3-8(5-12)11-9(13)6-14-10(11)4-7/h3-6,13H,2H2,1H3. The summed E-state index contributed by atoms with van der Waals surface area (Å²) in [6, 6.07) is 4.08. The number of thiol groups is 1. The number of fused-ring (bicyclic) bond motifs is 1. The highest BCUT2D eigenvalue weighted by Crippen LogP contribution is 2.32. The van der Waals surface area contributed by atoms with Crippen molar-refractivity contribution in [2.45, 2.75) is 18.2 Å². The molecule has 2 aromatic rings. The summed E-state index contributed by atoms with van der Waals surface area (Å²) in [6.07, 6.45) is 1.87. The predicted molar refractivity (Wildman–Crippen MR) is 63.8 cm³/mol. The van der Waals surface area contributed by atoms with Crippen LogP contribution in [0.3, 0.4) is 0 Å². The van der Waals surface area contributed by atoms with Crippen LogP contribution in [0.5, 0.6) is 0 Å². The van der Waals surface area contributed by atoms with Gasteiger partial charge in [-0.25, -0.2) is 0 Å². The quantitative estimate of drug-likeness (QED) is 0.607. The summed E-state index contributed by atoms with van der Waals surface area (Å²) >= 11 is 5.98. The zero-order valence-corrected chi connectivity index (χ0v) is 9.49. The Hall–Kier alpha value is -0.800. The summed E-state index contributed by atoms with van der Waals surface area (Å²) in [5.74, 6) is 0. The van der Waals surface area contributed by atoms with Crippen molar-refractivity contribution >= 4 is 40.3 Å². The van der Waals surface area contributed by atoms with E-state index in [1.165, 1.54) is 5.56 Å². The number of thiophene rings is 1. The van der Waals surface area contributed by atoms with E-state index in [4.69, 9.17) is 0 Å². The zero-order chi connectivity index (χ0) is 10.1. The van der Waals surface area contributed by atoms with Gasteiger partial charge in [0, 0.05) is 25.9 Å². The Labute approximate surface area is 92.2 Å². The van der Waals surface area contributed by atoms with Crippen LogP contribution in [0.2, 0.25) is 0 Å². The highest BCUT2D eigenvalue weighted by Gasteiger charge is 2.07. The van der Waals surface area contributed by atoms with Gasteiger partial charge >= 0.3 is 0 Å². The first kappa shape index (κ1) is 9.74. The molecule has 1 aromatic heterocycles. The number of rotatable bonds is 2. The lowest BCUT2D eigenvalue weighted by atomic mass is 10.1. The van der Waals surface area contributed by atoms with Crippen LogP contribution < -0.4 is 0 Å². The molecule has 2 rings (SSSR count). The van der Waals surface area contributed by atoms with Crippen LogP contribution in [-0.4, -0.2) is 6.29 Å². The van der Waals surface area contributed by atoms with Crippen molar-refractivity contribution in [3.05, 3.63) is 28.6 Å². The van der Waals surface area contributed by atoms with Crippen molar-refractivity contribution in [1.29, 1.82) is 0 Å². The highest BCUT2D eigenvalue weighted by molar-refractivity contribution is 7.80. The summed E-state index contributed by atoms with van der Waals surface area (Å²) in [7, 11) is 0. The zero-order valence-electron chi connectivity index (χ0n) is 7.78. The van der Waals surface area contributed by atoms with Crippen molar-refractivity contribution in [1.82, 2.24) is 0 Å². The second-order valence-corrected chi connectivity index (χ2v) is 4.54. The van der Waals surface area contributed by atoms with Gasteiger partial charge in [0.1, 0.15) is 0 Å². The first-order valence-electron chi connectivity index (χ1n) is 4.44. The maximum absolute atomic E-state index is 10.9. The van der Waals surface area contributed by atoms with E-state index in [0.29, 0.717) is 0 Å². The monoisotopic (exact) mass is 222 g/mol. The second kappa shape index (κ2) is 3.75. The third-order valence-corrected chi connectivity index (χ3v) is 3.74. The van der Waals surface area contributed by atoms with E-state index < -0.39 is 0 Å². The molecule has 0 saturated carbocycles. The molecule has 1 nitrogen and oxygen atoms in total. The lowest BCUT2D eigenvalue weighted by Gasteiger charge is -2.00. The molecular weight excluding hydrogens is 212 g/mol. The SMILES string of the molecule is CCc1cc(C=O)c2c(S)csc2c1. The highest BCUT2D eigenvalue weighted by atomic mass is 32.1. The summed E-state index contributed by atoms with van der Waals surface area (Å²) in [4.78, 5) is 11.8. The molecule has 3 heteroatoms. The molecule has 0 aliphatic rings. The van der Waals surface area contributed by atoms with E-state index >= 15 is 0 Å². The molecule has 0 saturated heterocycles. The molecule has 0 radical (unpaired) electrons. The van der Waals surface area contributed by atoms with Gasteiger partial charge in [0.15, 0.2) is 6.29 Å². The van der Waals surface area contributed by atoms with Crippen LogP contribution in [0.15, 0.2) is 22.4 Å². The molecule has 0 fully saturated rings. The largest absolute Gasteiger partial charge is 0.298 e. The molecule has 0 atom stereocenters. The predicted octanol–water partition coefficient (Wildman–Crippen LogP) is 3.56. The van der Waals surface area contributed by atoms with Gasteiger partial charge in [0.2, 0.25) is 0 Å². The Morgan fingerprint density at radius 2 is 2.29 bits per heavy atom. The van der Waals surface area contributed by atoms with Gasteiger partial charge in [-0.3, -0.25) is 4.79 Å². The maximum Gasteiger partial charge on any atom is 0.150 e. The Morgan fingerprint density at radius 3 is 2.93 bits per heavy atom. The Kier molecular flexibility index (Phi) is 2.61. The van der Waals surface area contributed by atoms with Crippen LogP contribution in [0.4, 0.5) is 0 Å². The summed E-state index contributed by atoms with van der Waals surface area (Å²) in [6.45, 7) is 2.09. The summed E-state index contributed by atoms with van der Waals surface area (Å²) < 4.78 is 1.15. The Morgan fingerprint density at radius 1 is 1.50 bits per heavy atom. The van der Waals surface area contributed by atoms with Gasteiger partial charge in [0.25, 0.3) is 0 Å². The number of hydrogen-bond acceptors (Lipinski definition) is 3. The molecule has 0 unspecified atom stereocenters. The fourth-order valence-corrected chi connectivity index (χ4v) is 2.94. The number of hydrogen-bond donors (Lipinski definition) is 1. The van der Waals surface area contributed by atoms with Crippen LogP contribution in [0, 0.1) is 0 Å². The number of aryl methyl sites for hydroxylation is 1. The molecule has 0 N–H and O–H groups in total. The van der Waals surface area contributed by atoms with E-state index in [1.54, 1.807) is 11.3 Å². The summed E-state index contributed by atoms with van der Waals surface area (Å²) in [5.41, 5.74) is 1.96. The number of carbonyl (C=O) groups excluding carboxylic acids is 1. The van der Waals surface area contributed by atoms with Crippen LogP contribution >= 0.6 is 24.0 Å². The van der Waals surface area contributed by atoms with Gasteiger partial charge in [-0.15, -0.1) is 24.0 Å². The Bertz CT molecular complexity index is 485. The van der Waals surface area contributed by atoms with Crippen molar-refractivity contribution in [2.24, 2.45) is 0 Å². The van der Waals surface area contributed by atoms with Crippen LogP contribution in [0.1, 0.15) is 22.8 Å². The molecule has 0 amide bonds. The molecule has 14 heavy (non-hydrogen) atoms. The normalized spacial score (nSPS) is 10.7. The van der Waals surface area contributed by atoms with E-state index in [-0.39, 0.29) is 0 Å². The molecule has 1 aromatic carbocycles. The fraction of sp³-hybridized carbons (Fsp3) is 0.182. The van der Waals surface area contributed by atoms with Gasteiger partial charge < -0.3 is 0 Å². The summed E-state index contributed by atoms with van der Waals surface area (Å²) in [5, 5.41) is 2.96. The molecule has 0 spiro atoms. The maximum atomic E-state index is 10.9. The van der Waals surface area contributed by atoms with Crippen LogP contribution in [0.25, 0.3) is 10.1 Å². The minimum Gasteiger partial charge on any atom is -0.298 e. The number of benzene rings is 1. The van der Waals surface area contributed by atoms with Crippen LogP contribution in [-0.2, 0) is 6.42 Å². The van der Waals surface area contributed by atoms with Gasteiger partial charge in [-0.1, -0.05) is 6.92 Å². The molecule has 0 bridgehead atoms. The molecular formula is C11H10OS2. The third-order valence-electron chi connectivity index (χ3n) is 2.28. The molecule has 72 valence electrons. The number of aldehydes is 1. The van der Waals surface area contributed by atoms with E-state index in [0.717, 1.165) is 33.3 Å².